The van der Waals surface area contributed by atoms with E-state index in [9.17, 15) is 8.42 Å². The average molecular weight is 317 g/mol. The highest BCUT2D eigenvalue weighted by atomic mass is 32.2. The fourth-order valence-corrected chi connectivity index (χ4v) is 3.73. The summed E-state index contributed by atoms with van der Waals surface area (Å²) in [5.41, 5.74) is 9.87. The van der Waals surface area contributed by atoms with E-state index in [2.05, 4.69) is 5.11 Å². The van der Waals surface area contributed by atoms with Gasteiger partial charge >= 0.3 is 0 Å². The summed E-state index contributed by atoms with van der Waals surface area (Å²) in [4.78, 5) is 1.91. The van der Waals surface area contributed by atoms with Crippen molar-refractivity contribution in [1.82, 2.24) is 0 Å². The van der Waals surface area contributed by atoms with Gasteiger partial charge in [-0.1, -0.05) is 29.8 Å². The maximum Gasteiger partial charge on any atom is 0.184 e. The first kappa shape index (κ1) is 16.2. The summed E-state index contributed by atoms with van der Waals surface area (Å²) in [6.45, 7) is 1.92. The first-order valence-corrected chi connectivity index (χ1v) is 8.46. The molecule has 0 bridgehead atoms. The smallest absolute Gasteiger partial charge is 0.184 e. The van der Waals surface area contributed by atoms with Crippen LogP contribution in [-0.4, -0.2) is 22.5 Å². The summed E-state index contributed by atoms with van der Waals surface area (Å²) < 4.78 is 25.4. The minimum absolute atomic E-state index is 0.0928. The van der Waals surface area contributed by atoms with E-state index in [-0.39, 0.29) is 16.3 Å². The van der Waals surface area contributed by atoms with Crippen LogP contribution in [0.25, 0.3) is 0 Å². The minimum atomic E-state index is -3.57. The normalized spacial score (nSPS) is 11.2. The lowest BCUT2D eigenvalue weighted by Crippen LogP contribution is -2.22. The Kier molecular flexibility index (Phi) is 4.61. The third-order valence-corrected chi connectivity index (χ3v) is 5.06. The Morgan fingerprint density at radius 2 is 1.86 bits per heavy atom. The van der Waals surface area contributed by atoms with E-state index in [0.29, 0.717) is 0 Å². The van der Waals surface area contributed by atoms with Crippen LogP contribution in [0.1, 0.15) is 11.1 Å². The molecule has 0 saturated carbocycles. The Morgan fingerprint density at radius 3 is 2.45 bits per heavy atom. The number of benzene rings is 2. The van der Waals surface area contributed by atoms with Gasteiger partial charge in [0.05, 0.1) is 10.9 Å². The molecule has 0 amide bonds. The Morgan fingerprint density at radius 1 is 1.14 bits per heavy atom. The van der Waals surface area contributed by atoms with E-state index in [0.717, 1.165) is 16.8 Å². The SMILES string of the molecule is Cc1cccc(CS(=O)(=O)c2cc(N(C)C)ccc2N=[NH+])c1. The standard InChI is InChI=1S/C16H19N3O2S/c1-12-5-4-6-13(9-12)11-22(20,21)16-10-14(19(2)3)7-8-15(16)18-17/h4-10,17H,11H2,1-3H3/q+1. The predicted molar refractivity (Wildman–Crippen MR) is 85.9 cm³/mol. The van der Waals surface area contributed by atoms with Gasteiger partial charge in [-0.3, -0.25) is 0 Å². The molecule has 0 unspecified atom stereocenters. The van der Waals surface area contributed by atoms with Gasteiger partial charge in [-0.2, -0.15) is 0 Å². The van der Waals surface area contributed by atoms with E-state index in [1.807, 2.05) is 44.1 Å². The Balaban J connectivity index is 2.48. The van der Waals surface area contributed by atoms with Crippen molar-refractivity contribution in [2.24, 2.45) is 5.11 Å². The molecule has 2 rings (SSSR count). The molecule has 0 aliphatic carbocycles. The van der Waals surface area contributed by atoms with Crippen LogP contribution in [0.15, 0.2) is 52.5 Å². The maximum atomic E-state index is 12.7. The number of nitrogens with zero attached hydrogens (tertiary/aromatic N) is 2. The van der Waals surface area contributed by atoms with Crippen molar-refractivity contribution < 1.29 is 13.9 Å². The Hall–Kier alpha value is -2.21. The molecule has 0 aliphatic rings. The molecule has 0 spiro atoms. The van der Waals surface area contributed by atoms with Gasteiger partial charge in [0.15, 0.2) is 15.5 Å². The number of hydrogen-bond donors (Lipinski definition) is 1. The molecule has 22 heavy (non-hydrogen) atoms. The van der Waals surface area contributed by atoms with Crippen molar-refractivity contribution in [2.75, 3.05) is 19.0 Å². The van der Waals surface area contributed by atoms with Crippen molar-refractivity contribution in [2.45, 2.75) is 17.6 Å². The molecule has 0 heterocycles. The summed E-state index contributed by atoms with van der Waals surface area (Å²) in [6, 6.07) is 12.3. The maximum absolute atomic E-state index is 12.7. The lowest BCUT2D eigenvalue weighted by molar-refractivity contribution is -0.210. The van der Waals surface area contributed by atoms with Gasteiger partial charge in [-0.25, -0.2) is 8.42 Å². The zero-order valence-electron chi connectivity index (χ0n) is 12.9. The van der Waals surface area contributed by atoms with Crippen molar-refractivity contribution >= 4 is 21.2 Å². The van der Waals surface area contributed by atoms with Crippen LogP contribution in [0.5, 0.6) is 0 Å². The van der Waals surface area contributed by atoms with Gasteiger partial charge in [0.2, 0.25) is 0 Å². The summed E-state index contributed by atoms with van der Waals surface area (Å²) >= 11 is 0. The van der Waals surface area contributed by atoms with Gasteiger partial charge in [-0.05, 0) is 30.7 Å². The minimum Gasteiger partial charge on any atom is -0.378 e. The van der Waals surface area contributed by atoms with Crippen LogP contribution < -0.4 is 10.4 Å². The van der Waals surface area contributed by atoms with Crippen LogP contribution >= 0.6 is 0 Å². The second-order valence-corrected chi connectivity index (χ2v) is 7.36. The number of aryl methyl sites for hydroxylation is 1. The quantitative estimate of drug-likeness (QED) is 0.852. The van der Waals surface area contributed by atoms with Gasteiger partial charge < -0.3 is 4.90 Å². The molecule has 0 fully saturated rings. The van der Waals surface area contributed by atoms with E-state index < -0.39 is 9.84 Å². The molecule has 0 aromatic heterocycles. The van der Waals surface area contributed by atoms with Crippen LogP contribution in [0.3, 0.4) is 0 Å². The molecule has 5 nitrogen and oxygen atoms in total. The monoisotopic (exact) mass is 317 g/mol. The fraction of sp³-hybridized carbons (Fsp3) is 0.250. The third-order valence-electron chi connectivity index (χ3n) is 3.35. The Bertz CT molecular complexity index is 799. The molecule has 0 atom stereocenters. The zero-order chi connectivity index (χ0) is 16.3. The summed E-state index contributed by atoms with van der Waals surface area (Å²) in [5.74, 6) is -0.103. The van der Waals surface area contributed by atoms with E-state index in [1.54, 1.807) is 24.3 Å². The van der Waals surface area contributed by atoms with Crippen LogP contribution in [0.2, 0.25) is 0 Å². The number of nitrogens with one attached hydrogen (secondary N) is 1. The summed E-state index contributed by atoms with van der Waals surface area (Å²) in [7, 11) is 0.105. The second kappa shape index (κ2) is 6.27. The highest BCUT2D eigenvalue weighted by Gasteiger charge is 2.22. The van der Waals surface area contributed by atoms with E-state index >= 15 is 0 Å². The second-order valence-electron chi connectivity index (χ2n) is 5.41. The number of rotatable bonds is 5. The zero-order valence-corrected chi connectivity index (χ0v) is 13.7. The van der Waals surface area contributed by atoms with Gasteiger partial charge in [0.1, 0.15) is 10.4 Å². The molecule has 0 aliphatic heterocycles. The number of hydrogen-bond acceptors (Lipinski definition) is 5. The molecule has 0 saturated heterocycles. The lowest BCUT2D eigenvalue weighted by atomic mass is 10.2. The highest BCUT2D eigenvalue weighted by Crippen LogP contribution is 2.30. The van der Waals surface area contributed by atoms with Gasteiger partial charge in [-0.15, -0.1) is 0 Å². The van der Waals surface area contributed by atoms with E-state index in [1.165, 1.54) is 0 Å². The summed E-state index contributed by atoms with van der Waals surface area (Å²) in [6.07, 6.45) is 0. The number of sulfone groups is 1. The predicted octanol–water partition coefficient (Wildman–Crippen LogP) is 1.66. The van der Waals surface area contributed by atoms with E-state index in [4.69, 9.17) is 5.53 Å². The summed E-state index contributed by atoms with van der Waals surface area (Å²) in [5, 5.41) is 3.35. The fourth-order valence-electron chi connectivity index (χ4n) is 2.22. The topological polar surface area (TPSA) is 73.5 Å². The molecule has 2 aromatic rings. The molecule has 1 radical (unpaired) electrons. The van der Waals surface area contributed by atoms with Crippen molar-refractivity contribution in [3.8, 4) is 0 Å². The van der Waals surface area contributed by atoms with Gasteiger partial charge in [0, 0.05) is 19.8 Å². The largest absolute Gasteiger partial charge is 0.378 e. The van der Waals surface area contributed by atoms with Crippen molar-refractivity contribution in [3.05, 3.63) is 53.6 Å². The first-order chi connectivity index (χ1) is 10.3. The molecular formula is C16H19N3O2S+. The van der Waals surface area contributed by atoms with Crippen LogP contribution in [0.4, 0.5) is 11.4 Å². The van der Waals surface area contributed by atoms with Crippen LogP contribution in [0, 0.1) is 6.92 Å². The Labute approximate surface area is 131 Å². The van der Waals surface area contributed by atoms with Gasteiger partial charge in [0.25, 0.3) is 0 Å². The highest BCUT2D eigenvalue weighted by molar-refractivity contribution is 7.90. The van der Waals surface area contributed by atoms with Crippen molar-refractivity contribution in [1.29, 1.82) is 0 Å². The molecule has 115 valence electrons. The van der Waals surface area contributed by atoms with Crippen molar-refractivity contribution in [3.63, 3.8) is 0 Å². The molecule has 6 heteroatoms. The lowest BCUT2D eigenvalue weighted by Gasteiger charge is -2.14. The molecular weight excluding hydrogens is 298 g/mol. The third kappa shape index (κ3) is 3.51. The molecule has 1 N–H and O–H groups in total. The van der Waals surface area contributed by atoms with Crippen LogP contribution in [-0.2, 0) is 15.6 Å². The molecule has 2 aromatic carbocycles. The average Bonchev–Trinajstić information content (AvgIpc) is 2.46. The number of anilines is 1. The first-order valence-electron chi connectivity index (χ1n) is 6.80.